The number of hydrogen-bond donors (Lipinski definition) is 1. The number of esters is 1. The molecule has 0 aromatic rings. The lowest BCUT2D eigenvalue weighted by molar-refractivity contribution is -0.142. The first-order valence-corrected chi connectivity index (χ1v) is 6.24. The molecule has 2 aliphatic heterocycles. The molecule has 3 aliphatic rings. The van der Waals surface area contributed by atoms with Crippen LogP contribution in [0, 0.1) is 5.92 Å². The molecule has 0 aromatic carbocycles. The highest BCUT2D eigenvalue weighted by Crippen LogP contribution is 2.49. The number of ether oxygens (including phenoxy) is 2. The number of epoxide rings is 1. The van der Waals surface area contributed by atoms with E-state index in [0.717, 1.165) is 0 Å². The van der Waals surface area contributed by atoms with E-state index in [-0.39, 0.29) is 42.7 Å². The lowest BCUT2D eigenvalue weighted by Crippen LogP contribution is -2.47. The summed E-state index contributed by atoms with van der Waals surface area (Å²) in [6, 6.07) is -0.320. The van der Waals surface area contributed by atoms with Gasteiger partial charge in [0.25, 0.3) is 9.70 Å². The molecule has 0 bridgehead atoms. The molecule has 0 radical (unpaired) electrons. The molecular weight excluding hydrogens is 292 g/mol. The maximum Gasteiger partial charge on any atom is 0.306 e. The highest BCUT2D eigenvalue weighted by Gasteiger charge is 2.67. The van der Waals surface area contributed by atoms with E-state index >= 15 is 0 Å². The van der Waals surface area contributed by atoms with Crippen LogP contribution in [0.4, 0.5) is 0 Å². The van der Waals surface area contributed by atoms with Gasteiger partial charge in [0.2, 0.25) is 0 Å². The van der Waals surface area contributed by atoms with Crippen molar-refractivity contribution in [2.75, 3.05) is 0 Å². The van der Waals surface area contributed by atoms with Crippen molar-refractivity contribution in [2.24, 2.45) is 5.92 Å². The number of fused-ring (bicyclic) bond motifs is 3. The Bertz CT molecular complexity index is 396. The summed E-state index contributed by atoms with van der Waals surface area (Å²) < 4.78 is 8.43. The van der Waals surface area contributed by atoms with E-state index in [0.29, 0.717) is 0 Å². The molecule has 17 heavy (non-hydrogen) atoms. The molecule has 1 amide bonds. The molecule has 5 atom stereocenters. The number of amides is 1. The number of carbonyl (C=O) groups excluding carboxylic acids is 2. The summed E-state index contributed by atoms with van der Waals surface area (Å²) in [6.07, 6.45) is -0.249. The van der Waals surface area contributed by atoms with E-state index in [2.05, 4.69) is 5.32 Å². The molecule has 0 spiro atoms. The fourth-order valence-electron chi connectivity index (χ4n) is 2.59. The molecule has 0 aromatic heterocycles. The number of alkyl halides is 3. The van der Waals surface area contributed by atoms with E-state index in [9.17, 15) is 9.59 Å². The predicted octanol–water partition coefficient (Wildman–Crippen LogP) is 0.554. The minimum Gasteiger partial charge on any atom is -0.459 e. The van der Waals surface area contributed by atoms with Gasteiger partial charge in [-0.05, 0) is 0 Å². The van der Waals surface area contributed by atoms with Gasteiger partial charge < -0.3 is 14.8 Å². The molecule has 2 heterocycles. The number of hydrogen-bond acceptors (Lipinski definition) is 4. The third-order valence-electron chi connectivity index (χ3n) is 3.35. The summed E-state index contributed by atoms with van der Waals surface area (Å²) in [4.78, 5) is 22.7. The van der Waals surface area contributed by atoms with Gasteiger partial charge >= 0.3 is 5.97 Å². The molecule has 5 nitrogen and oxygen atoms in total. The van der Waals surface area contributed by atoms with Crippen LogP contribution < -0.4 is 5.32 Å². The van der Waals surface area contributed by atoms with Crippen molar-refractivity contribution in [2.45, 2.75) is 34.6 Å². The monoisotopic (exact) mass is 299 g/mol. The van der Waals surface area contributed by atoms with Crippen LogP contribution in [-0.4, -0.2) is 40.0 Å². The van der Waals surface area contributed by atoms with Gasteiger partial charge in [0.15, 0.2) is 0 Å². The van der Waals surface area contributed by atoms with Crippen LogP contribution >= 0.6 is 34.8 Å². The Kier molecular flexibility index (Phi) is 2.53. The average molecular weight is 301 g/mol. The van der Waals surface area contributed by atoms with Crippen LogP contribution in [-0.2, 0) is 19.1 Å². The van der Waals surface area contributed by atoms with E-state index in [1.54, 1.807) is 0 Å². The zero-order valence-electron chi connectivity index (χ0n) is 8.36. The summed E-state index contributed by atoms with van der Waals surface area (Å²) in [5, 5.41) is 2.61. The third-order valence-corrected chi connectivity index (χ3v) is 3.86. The van der Waals surface area contributed by atoms with Gasteiger partial charge in [-0.25, -0.2) is 0 Å². The maximum absolute atomic E-state index is 11.6. The Balaban J connectivity index is 1.72. The molecule has 3 rings (SSSR count). The standard InChI is InChI=1S/C9H8Cl3NO4/c10-9(11,12)8(15)13-4-2-1-3(14)16-5(2)7-6(4)17-7/h2,4-7H,1H2,(H,13,15)/t2-,4-,5-,6-,7+/m1/s1. The first kappa shape index (κ1) is 11.8. The second-order valence-corrected chi connectivity index (χ2v) is 6.67. The first-order valence-electron chi connectivity index (χ1n) is 5.10. The molecule has 1 saturated carbocycles. The zero-order chi connectivity index (χ0) is 12.4. The van der Waals surface area contributed by atoms with E-state index in [4.69, 9.17) is 44.3 Å². The molecular formula is C9H8Cl3NO4. The van der Waals surface area contributed by atoms with Crippen molar-refractivity contribution in [3.8, 4) is 0 Å². The smallest absolute Gasteiger partial charge is 0.306 e. The molecule has 0 unspecified atom stereocenters. The van der Waals surface area contributed by atoms with Gasteiger partial charge in [-0.1, -0.05) is 34.8 Å². The van der Waals surface area contributed by atoms with Crippen LogP contribution in [0.1, 0.15) is 6.42 Å². The largest absolute Gasteiger partial charge is 0.459 e. The normalized spacial score (nSPS) is 42.8. The minimum atomic E-state index is -2.01. The number of halogens is 3. The summed E-state index contributed by atoms with van der Waals surface area (Å²) in [6.45, 7) is 0. The van der Waals surface area contributed by atoms with Crippen LogP contribution in [0.15, 0.2) is 0 Å². The van der Waals surface area contributed by atoms with Crippen LogP contribution in [0.2, 0.25) is 0 Å². The van der Waals surface area contributed by atoms with Gasteiger partial charge in [-0.15, -0.1) is 0 Å². The van der Waals surface area contributed by atoms with E-state index in [1.807, 2.05) is 0 Å². The van der Waals surface area contributed by atoms with Crippen LogP contribution in [0.25, 0.3) is 0 Å². The molecule has 1 aliphatic carbocycles. The Morgan fingerprint density at radius 3 is 2.65 bits per heavy atom. The maximum atomic E-state index is 11.6. The quantitative estimate of drug-likeness (QED) is 0.436. The summed E-state index contributed by atoms with van der Waals surface area (Å²) in [5.41, 5.74) is 0. The molecule has 94 valence electrons. The summed E-state index contributed by atoms with van der Waals surface area (Å²) in [7, 11) is 0. The summed E-state index contributed by atoms with van der Waals surface area (Å²) >= 11 is 16.4. The lowest BCUT2D eigenvalue weighted by atomic mass is 9.99. The lowest BCUT2D eigenvalue weighted by Gasteiger charge is -2.22. The number of rotatable bonds is 1. The Hall–Kier alpha value is -0.230. The van der Waals surface area contributed by atoms with Crippen LogP contribution in [0.5, 0.6) is 0 Å². The van der Waals surface area contributed by atoms with Crippen molar-refractivity contribution in [3.63, 3.8) is 0 Å². The first-order chi connectivity index (χ1) is 7.88. The predicted molar refractivity (Wildman–Crippen MR) is 58.9 cm³/mol. The van der Waals surface area contributed by atoms with Crippen molar-refractivity contribution in [1.29, 1.82) is 0 Å². The van der Waals surface area contributed by atoms with Gasteiger partial charge in [0.1, 0.15) is 18.3 Å². The van der Waals surface area contributed by atoms with Gasteiger partial charge in [0, 0.05) is 5.92 Å². The second kappa shape index (κ2) is 3.63. The second-order valence-electron chi connectivity index (χ2n) is 4.38. The highest BCUT2D eigenvalue weighted by atomic mass is 35.6. The Morgan fingerprint density at radius 2 is 2.00 bits per heavy atom. The van der Waals surface area contributed by atoms with E-state index in [1.165, 1.54) is 0 Å². The Morgan fingerprint density at radius 1 is 1.29 bits per heavy atom. The molecule has 1 N–H and O–H groups in total. The van der Waals surface area contributed by atoms with Gasteiger partial charge in [0.05, 0.1) is 12.5 Å². The van der Waals surface area contributed by atoms with Crippen LogP contribution in [0.3, 0.4) is 0 Å². The van der Waals surface area contributed by atoms with Gasteiger partial charge in [-0.3, -0.25) is 9.59 Å². The number of nitrogens with one attached hydrogen (secondary N) is 1. The fourth-order valence-corrected chi connectivity index (χ4v) is 2.76. The average Bonchev–Trinajstić information content (AvgIpc) is 2.82. The topological polar surface area (TPSA) is 67.9 Å². The fraction of sp³-hybridized carbons (Fsp3) is 0.778. The molecule has 2 saturated heterocycles. The van der Waals surface area contributed by atoms with Gasteiger partial charge in [-0.2, -0.15) is 0 Å². The highest BCUT2D eigenvalue weighted by molar-refractivity contribution is 6.76. The molecule has 8 heteroatoms. The minimum absolute atomic E-state index is 0.0810. The van der Waals surface area contributed by atoms with Crippen molar-refractivity contribution < 1.29 is 19.1 Å². The van der Waals surface area contributed by atoms with Crippen molar-refractivity contribution in [3.05, 3.63) is 0 Å². The zero-order valence-corrected chi connectivity index (χ0v) is 10.6. The third kappa shape index (κ3) is 1.89. The van der Waals surface area contributed by atoms with Crippen molar-refractivity contribution in [1.82, 2.24) is 5.32 Å². The summed E-state index contributed by atoms with van der Waals surface area (Å²) in [5.74, 6) is -1.06. The SMILES string of the molecule is O=C1C[C@@H]2[C@@H](NC(=O)C(Cl)(Cl)Cl)[C@H]3O[C@H]3[C@@H]2O1. The molecule has 3 fully saturated rings. The number of carbonyl (C=O) groups is 2. The van der Waals surface area contributed by atoms with E-state index < -0.39 is 9.70 Å². The van der Waals surface area contributed by atoms with Crippen molar-refractivity contribution >= 4 is 46.7 Å². The Labute approximate surface area is 112 Å².